The minimum Gasteiger partial charge on any atom is -0.504 e. The summed E-state index contributed by atoms with van der Waals surface area (Å²) in [4.78, 5) is 1.77. The summed E-state index contributed by atoms with van der Waals surface area (Å²) in [5.41, 5.74) is 0.585. The van der Waals surface area contributed by atoms with Gasteiger partial charge >= 0.3 is 0 Å². The van der Waals surface area contributed by atoms with Crippen molar-refractivity contribution < 1.29 is 22.3 Å². The number of anilines is 1. The Morgan fingerprint density at radius 3 is 2.45 bits per heavy atom. The number of piperazine rings is 1. The number of hydrogen-bond acceptors (Lipinski definition) is 5. The molecule has 11 heteroatoms. The Balaban J connectivity index is 1.69. The molecule has 1 fully saturated rings. The summed E-state index contributed by atoms with van der Waals surface area (Å²) in [6.07, 6.45) is 2.62. The minimum absolute atomic E-state index is 0.0594. The van der Waals surface area contributed by atoms with E-state index in [2.05, 4.69) is 5.10 Å². The molecule has 0 atom stereocenters. The van der Waals surface area contributed by atoms with Gasteiger partial charge in [-0.05, 0) is 18.2 Å². The third-order valence-electron chi connectivity index (χ3n) is 4.96. The molecule has 1 aliphatic rings. The van der Waals surface area contributed by atoms with Crippen molar-refractivity contribution in [1.82, 2.24) is 14.1 Å². The molecule has 1 aromatic heterocycles. The third-order valence-corrected chi connectivity index (χ3v) is 6.57. The molecule has 1 saturated heterocycles. The number of rotatable bonds is 3. The fourth-order valence-electron chi connectivity index (χ4n) is 3.43. The van der Waals surface area contributed by atoms with E-state index >= 15 is 0 Å². The molecular formula is C18H17ClF2N4O3S. The second-order valence-electron chi connectivity index (χ2n) is 6.80. The van der Waals surface area contributed by atoms with E-state index < -0.39 is 27.4 Å². The fraction of sp³-hybridized carbons (Fsp3) is 0.278. The van der Waals surface area contributed by atoms with Crippen molar-refractivity contribution in [2.75, 3.05) is 37.3 Å². The van der Waals surface area contributed by atoms with Gasteiger partial charge < -0.3 is 10.0 Å². The largest absolute Gasteiger partial charge is 0.504 e. The van der Waals surface area contributed by atoms with Crippen LogP contribution in [0.3, 0.4) is 0 Å². The smallest absolute Gasteiger partial charge is 0.211 e. The highest BCUT2D eigenvalue weighted by atomic mass is 35.5. The molecule has 0 radical (unpaired) electrons. The monoisotopic (exact) mass is 442 g/mol. The van der Waals surface area contributed by atoms with Gasteiger partial charge in [0.05, 0.1) is 28.7 Å². The minimum atomic E-state index is -3.28. The molecule has 2 aromatic carbocycles. The summed E-state index contributed by atoms with van der Waals surface area (Å²) < 4.78 is 55.1. The second kappa shape index (κ2) is 7.12. The third kappa shape index (κ3) is 3.52. The number of halogens is 3. The summed E-state index contributed by atoms with van der Waals surface area (Å²) in [6, 6.07) is 5.51. The molecule has 1 N–H and O–H groups in total. The lowest BCUT2D eigenvalue weighted by Crippen LogP contribution is -2.48. The van der Waals surface area contributed by atoms with Gasteiger partial charge in [0.2, 0.25) is 10.0 Å². The van der Waals surface area contributed by atoms with Gasteiger partial charge in [-0.3, -0.25) is 0 Å². The highest BCUT2D eigenvalue weighted by Gasteiger charge is 2.25. The lowest BCUT2D eigenvalue weighted by molar-refractivity contribution is 0.386. The Labute approximate surface area is 170 Å². The molecule has 154 valence electrons. The van der Waals surface area contributed by atoms with E-state index in [4.69, 9.17) is 11.6 Å². The average Bonchev–Trinajstić information content (AvgIpc) is 3.07. The van der Waals surface area contributed by atoms with Crippen LogP contribution in [-0.4, -0.2) is 60.0 Å². The molecule has 0 unspecified atom stereocenters. The number of nitrogens with zero attached hydrogens (tertiary/aromatic N) is 4. The van der Waals surface area contributed by atoms with E-state index in [-0.39, 0.29) is 23.8 Å². The number of hydrogen-bond donors (Lipinski definition) is 1. The van der Waals surface area contributed by atoms with Crippen molar-refractivity contribution in [1.29, 1.82) is 0 Å². The van der Waals surface area contributed by atoms with E-state index in [1.807, 2.05) is 0 Å². The van der Waals surface area contributed by atoms with Crippen molar-refractivity contribution in [2.45, 2.75) is 0 Å². The normalized spacial score (nSPS) is 15.9. The van der Waals surface area contributed by atoms with Crippen LogP contribution in [0.5, 0.6) is 5.75 Å². The molecule has 0 spiro atoms. The zero-order valence-electron chi connectivity index (χ0n) is 15.3. The zero-order valence-corrected chi connectivity index (χ0v) is 16.9. The summed E-state index contributed by atoms with van der Waals surface area (Å²) in [5.74, 6) is -2.19. The van der Waals surface area contributed by atoms with Crippen LogP contribution in [0.15, 0.2) is 30.5 Å². The van der Waals surface area contributed by atoms with Crippen molar-refractivity contribution in [3.05, 3.63) is 47.1 Å². The lowest BCUT2D eigenvalue weighted by atomic mass is 10.2. The van der Waals surface area contributed by atoms with Crippen molar-refractivity contribution in [3.8, 4) is 11.4 Å². The first kappa shape index (κ1) is 19.9. The quantitative estimate of drug-likeness (QED) is 0.674. The van der Waals surface area contributed by atoms with Gasteiger partial charge in [-0.15, -0.1) is 0 Å². The summed E-state index contributed by atoms with van der Waals surface area (Å²) >= 11 is 5.71. The Hall–Kier alpha value is -2.43. The van der Waals surface area contributed by atoms with Crippen LogP contribution in [0.25, 0.3) is 16.6 Å². The van der Waals surface area contributed by atoms with Gasteiger partial charge in [0.15, 0.2) is 11.6 Å². The van der Waals surface area contributed by atoms with Crippen LogP contribution >= 0.6 is 11.6 Å². The van der Waals surface area contributed by atoms with E-state index in [0.29, 0.717) is 29.7 Å². The SMILES string of the molecule is CS(=O)(=O)N1CCN(c2cc3cnn(-c4ccc(Cl)c(O)c4F)c3cc2F)CC1. The number of sulfonamides is 1. The van der Waals surface area contributed by atoms with Gasteiger partial charge in [-0.2, -0.15) is 9.40 Å². The molecule has 0 bridgehead atoms. The molecule has 1 aliphatic heterocycles. The average molecular weight is 443 g/mol. The van der Waals surface area contributed by atoms with Gasteiger partial charge in [0.25, 0.3) is 0 Å². The number of phenolic OH excluding ortho intramolecular Hbond substituents is 1. The maximum absolute atomic E-state index is 14.9. The molecule has 4 rings (SSSR count). The van der Waals surface area contributed by atoms with Crippen molar-refractivity contribution in [2.24, 2.45) is 0 Å². The van der Waals surface area contributed by atoms with Crippen LogP contribution in [0.2, 0.25) is 5.02 Å². The standard InChI is InChI=1S/C18H17ClF2N4O3S/c1-29(27,28)24-6-4-23(5-7-24)16-8-11-10-22-25(15(11)9-13(16)20)14-3-2-12(19)18(26)17(14)21/h2-3,8-10,26H,4-7H2,1H3. The summed E-state index contributed by atoms with van der Waals surface area (Å²) in [6.45, 7) is 1.24. The number of aromatic nitrogens is 2. The van der Waals surface area contributed by atoms with E-state index in [1.165, 1.54) is 33.4 Å². The first-order valence-electron chi connectivity index (χ1n) is 8.71. The van der Waals surface area contributed by atoms with Crippen molar-refractivity contribution in [3.63, 3.8) is 0 Å². The van der Waals surface area contributed by atoms with Crippen LogP contribution in [0, 0.1) is 11.6 Å². The number of benzene rings is 2. The Kier molecular flexibility index (Phi) is 4.88. The van der Waals surface area contributed by atoms with Crippen LogP contribution < -0.4 is 4.90 Å². The van der Waals surface area contributed by atoms with Crippen LogP contribution in [0.4, 0.5) is 14.5 Å². The molecule has 29 heavy (non-hydrogen) atoms. The van der Waals surface area contributed by atoms with Gasteiger partial charge in [-0.25, -0.2) is 21.9 Å². The van der Waals surface area contributed by atoms with E-state index in [0.717, 1.165) is 6.26 Å². The molecule has 7 nitrogen and oxygen atoms in total. The number of fused-ring (bicyclic) bond motifs is 1. The van der Waals surface area contributed by atoms with Crippen LogP contribution in [0.1, 0.15) is 0 Å². The van der Waals surface area contributed by atoms with E-state index in [1.54, 1.807) is 11.0 Å². The molecule has 0 aliphatic carbocycles. The van der Waals surface area contributed by atoms with Gasteiger partial charge in [-0.1, -0.05) is 11.6 Å². The highest BCUT2D eigenvalue weighted by Crippen LogP contribution is 2.33. The summed E-state index contributed by atoms with van der Waals surface area (Å²) in [5, 5.41) is 14.3. The molecule has 2 heterocycles. The maximum atomic E-state index is 14.9. The first-order chi connectivity index (χ1) is 13.7. The van der Waals surface area contributed by atoms with E-state index in [9.17, 15) is 22.3 Å². The molecular weight excluding hydrogens is 426 g/mol. The maximum Gasteiger partial charge on any atom is 0.211 e. The second-order valence-corrected chi connectivity index (χ2v) is 9.19. The Morgan fingerprint density at radius 2 is 1.79 bits per heavy atom. The number of aromatic hydroxyl groups is 1. The predicted octanol–water partition coefficient (Wildman–Crippen LogP) is 2.74. The van der Waals surface area contributed by atoms with Gasteiger partial charge in [0.1, 0.15) is 11.5 Å². The topological polar surface area (TPSA) is 78.7 Å². The molecule has 3 aromatic rings. The van der Waals surface area contributed by atoms with Crippen molar-refractivity contribution >= 4 is 38.2 Å². The Morgan fingerprint density at radius 1 is 1.10 bits per heavy atom. The molecule has 0 amide bonds. The van der Waals surface area contributed by atoms with Crippen LogP contribution in [-0.2, 0) is 10.0 Å². The zero-order chi connectivity index (χ0) is 20.9. The summed E-state index contributed by atoms with van der Waals surface area (Å²) in [7, 11) is -3.28. The predicted molar refractivity (Wildman–Crippen MR) is 106 cm³/mol. The van der Waals surface area contributed by atoms with Gasteiger partial charge in [0, 0.05) is 37.6 Å². The number of phenols is 1. The molecule has 0 saturated carbocycles. The Bertz CT molecular complexity index is 1210. The lowest BCUT2D eigenvalue weighted by Gasteiger charge is -2.34. The fourth-order valence-corrected chi connectivity index (χ4v) is 4.40. The highest BCUT2D eigenvalue weighted by molar-refractivity contribution is 7.88. The first-order valence-corrected chi connectivity index (χ1v) is 10.9.